The van der Waals surface area contributed by atoms with Crippen LogP contribution in [0.5, 0.6) is 0 Å². The molecule has 114 valence electrons. The van der Waals surface area contributed by atoms with Crippen LogP contribution in [0.15, 0.2) is 35.7 Å². The Balaban J connectivity index is 2.42. The van der Waals surface area contributed by atoms with E-state index >= 15 is 0 Å². The van der Waals surface area contributed by atoms with E-state index in [1.807, 2.05) is 6.08 Å². The quantitative estimate of drug-likeness (QED) is 0.634. The van der Waals surface area contributed by atoms with Gasteiger partial charge in [0.1, 0.15) is 0 Å². The molecular weight excluding hydrogens is 286 g/mol. The van der Waals surface area contributed by atoms with E-state index in [2.05, 4.69) is 11.5 Å². The lowest BCUT2D eigenvalue weighted by molar-refractivity contribution is 0.101. The van der Waals surface area contributed by atoms with Gasteiger partial charge in [-0.25, -0.2) is 8.42 Å². The molecule has 0 bridgehead atoms. The summed E-state index contributed by atoms with van der Waals surface area (Å²) in [5.74, 6) is 0.427. The molecule has 0 atom stereocenters. The molecule has 1 aliphatic heterocycles. The highest BCUT2D eigenvalue weighted by Crippen LogP contribution is 2.30. The molecule has 0 radical (unpaired) electrons. The van der Waals surface area contributed by atoms with E-state index in [0.717, 1.165) is 25.9 Å². The van der Waals surface area contributed by atoms with Crippen molar-refractivity contribution < 1.29 is 13.2 Å². The van der Waals surface area contributed by atoms with Gasteiger partial charge in [0, 0.05) is 24.9 Å². The van der Waals surface area contributed by atoms with Crippen molar-refractivity contribution in [2.45, 2.75) is 24.7 Å². The molecule has 0 aliphatic carbocycles. The summed E-state index contributed by atoms with van der Waals surface area (Å²) in [6.07, 6.45) is 5.07. The van der Waals surface area contributed by atoms with Crippen LogP contribution in [-0.2, 0) is 9.84 Å². The SMILES string of the molecule is C=CC1CCN(c2cc(C(C)=O)ccc2S(C)(=O)=O)CC1. The summed E-state index contributed by atoms with van der Waals surface area (Å²) in [4.78, 5) is 13.9. The van der Waals surface area contributed by atoms with Crippen LogP contribution in [0.2, 0.25) is 0 Å². The van der Waals surface area contributed by atoms with Crippen LogP contribution in [-0.4, -0.2) is 33.5 Å². The molecule has 0 unspecified atom stereocenters. The maximum Gasteiger partial charge on any atom is 0.177 e. The molecule has 0 amide bonds. The first-order chi connectivity index (χ1) is 9.82. The van der Waals surface area contributed by atoms with Crippen molar-refractivity contribution in [1.29, 1.82) is 0 Å². The fourth-order valence-electron chi connectivity index (χ4n) is 2.67. The van der Waals surface area contributed by atoms with E-state index in [4.69, 9.17) is 0 Å². The molecule has 1 heterocycles. The van der Waals surface area contributed by atoms with Crippen molar-refractivity contribution in [3.05, 3.63) is 36.4 Å². The molecule has 1 aromatic rings. The van der Waals surface area contributed by atoms with Crippen molar-refractivity contribution in [2.24, 2.45) is 5.92 Å². The van der Waals surface area contributed by atoms with Crippen LogP contribution >= 0.6 is 0 Å². The number of hydrogen-bond donors (Lipinski definition) is 0. The molecule has 1 aliphatic rings. The molecule has 5 heteroatoms. The molecule has 4 nitrogen and oxygen atoms in total. The Hall–Kier alpha value is -1.62. The van der Waals surface area contributed by atoms with Gasteiger partial charge < -0.3 is 4.90 Å². The maximum atomic E-state index is 12.0. The first kappa shape index (κ1) is 15.8. The highest BCUT2D eigenvalue weighted by molar-refractivity contribution is 7.90. The summed E-state index contributed by atoms with van der Waals surface area (Å²) in [6.45, 7) is 6.86. The Labute approximate surface area is 126 Å². The lowest BCUT2D eigenvalue weighted by Gasteiger charge is -2.33. The van der Waals surface area contributed by atoms with Gasteiger partial charge in [-0.2, -0.15) is 0 Å². The van der Waals surface area contributed by atoms with Gasteiger partial charge in [0.05, 0.1) is 10.6 Å². The van der Waals surface area contributed by atoms with E-state index in [9.17, 15) is 13.2 Å². The van der Waals surface area contributed by atoms with E-state index < -0.39 is 9.84 Å². The smallest absolute Gasteiger partial charge is 0.177 e. The second kappa shape index (κ2) is 6.02. The lowest BCUT2D eigenvalue weighted by atomic mass is 9.96. The minimum atomic E-state index is -3.32. The van der Waals surface area contributed by atoms with Gasteiger partial charge in [-0.1, -0.05) is 6.08 Å². The Morgan fingerprint density at radius 3 is 2.43 bits per heavy atom. The summed E-state index contributed by atoms with van der Waals surface area (Å²) < 4.78 is 23.9. The zero-order chi connectivity index (χ0) is 15.6. The van der Waals surface area contributed by atoms with Crippen molar-refractivity contribution in [2.75, 3.05) is 24.2 Å². The van der Waals surface area contributed by atoms with Gasteiger partial charge in [0.25, 0.3) is 0 Å². The molecule has 2 rings (SSSR count). The zero-order valence-electron chi connectivity index (χ0n) is 12.5. The van der Waals surface area contributed by atoms with E-state index in [-0.39, 0.29) is 5.78 Å². The van der Waals surface area contributed by atoms with Gasteiger partial charge in [-0.3, -0.25) is 4.79 Å². The number of anilines is 1. The number of nitrogens with zero attached hydrogens (tertiary/aromatic N) is 1. The standard InChI is InChI=1S/C16H21NO3S/c1-4-13-7-9-17(10-8-13)15-11-14(12(2)18)5-6-16(15)21(3,19)20/h4-6,11,13H,1,7-10H2,2-3H3. The minimum absolute atomic E-state index is 0.0581. The highest BCUT2D eigenvalue weighted by atomic mass is 32.2. The van der Waals surface area contributed by atoms with Crippen molar-refractivity contribution >= 4 is 21.3 Å². The number of carbonyl (C=O) groups is 1. The minimum Gasteiger partial charge on any atom is -0.370 e. The van der Waals surface area contributed by atoms with Crippen LogP contribution in [0.4, 0.5) is 5.69 Å². The Morgan fingerprint density at radius 1 is 1.33 bits per heavy atom. The van der Waals surface area contributed by atoms with Gasteiger partial charge in [0.2, 0.25) is 0 Å². The van der Waals surface area contributed by atoms with Crippen LogP contribution in [0, 0.1) is 5.92 Å². The number of Topliss-reactive ketones (excluding diaryl/α,β-unsaturated/α-hetero) is 1. The molecule has 0 spiro atoms. The summed E-state index contributed by atoms with van der Waals surface area (Å²) in [6, 6.07) is 4.83. The normalized spacial score (nSPS) is 16.8. The van der Waals surface area contributed by atoms with Crippen LogP contribution in [0.3, 0.4) is 0 Å². The van der Waals surface area contributed by atoms with E-state index in [1.54, 1.807) is 18.2 Å². The van der Waals surface area contributed by atoms with Crippen LogP contribution in [0.25, 0.3) is 0 Å². The molecule has 0 N–H and O–H groups in total. The predicted molar refractivity (Wildman–Crippen MR) is 84.7 cm³/mol. The molecule has 0 aromatic heterocycles. The number of rotatable bonds is 4. The fraction of sp³-hybridized carbons (Fsp3) is 0.438. The van der Waals surface area contributed by atoms with Gasteiger partial charge >= 0.3 is 0 Å². The summed E-state index contributed by atoms with van der Waals surface area (Å²) in [5, 5.41) is 0. The van der Waals surface area contributed by atoms with Gasteiger partial charge in [0.15, 0.2) is 15.6 Å². The third-order valence-corrected chi connectivity index (χ3v) is 5.12. The molecule has 1 aromatic carbocycles. The zero-order valence-corrected chi connectivity index (χ0v) is 13.3. The molecule has 0 saturated carbocycles. The number of carbonyl (C=O) groups excluding carboxylic acids is 1. The maximum absolute atomic E-state index is 12.0. The van der Waals surface area contributed by atoms with E-state index in [0.29, 0.717) is 22.1 Å². The molecule has 1 saturated heterocycles. The number of allylic oxidation sites excluding steroid dienone is 1. The Kier molecular flexibility index (Phi) is 4.52. The third-order valence-electron chi connectivity index (χ3n) is 3.98. The lowest BCUT2D eigenvalue weighted by Crippen LogP contribution is -2.34. The molecule has 1 fully saturated rings. The molecule has 21 heavy (non-hydrogen) atoms. The topological polar surface area (TPSA) is 54.5 Å². The average Bonchev–Trinajstić information content (AvgIpc) is 2.45. The second-order valence-electron chi connectivity index (χ2n) is 5.57. The number of benzene rings is 1. The van der Waals surface area contributed by atoms with Gasteiger partial charge in [-0.05, 0) is 43.9 Å². The molecular formula is C16H21NO3S. The number of ketones is 1. The fourth-order valence-corrected chi connectivity index (χ4v) is 3.56. The summed E-state index contributed by atoms with van der Waals surface area (Å²) in [5.41, 5.74) is 1.19. The predicted octanol–water partition coefficient (Wildman–Crippen LogP) is 2.70. The van der Waals surface area contributed by atoms with Gasteiger partial charge in [-0.15, -0.1) is 6.58 Å². The van der Waals surface area contributed by atoms with Crippen LogP contribution in [0.1, 0.15) is 30.1 Å². The first-order valence-corrected chi connectivity index (χ1v) is 8.94. The second-order valence-corrected chi connectivity index (χ2v) is 7.56. The van der Waals surface area contributed by atoms with Crippen molar-refractivity contribution in [3.63, 3.8) is 0 Å². The summed E-state index contributed by atoms with van der Waals surface area (Å²) in [7, 11) is -3.32. The number of piperidine rings is 1. The third kappa shape index (κ3) is 3.53. The first-order valence-electron chi connectivity index (χ1n) is 7.05. The van der Waals surface area contributed by atoms with E-state index in [1.165, 1.54) is 13.2 Å². The summed E-state index contributed by atoms with van der Waals surface area (Å²) >= 11 is 0. The largest absolute Gasteiger partial charge is 0.370 e. The Morgan fingerprint density at radius 2 is 1.95 bits per heavy atom. The van der Waals surface area contributed by atoms with Crippen LogP contribution < -0.4 is 4.90 Å². The monoisotopic (exact) mass is 307 g/mol. The van der Waals surface area contributed by atoms with Crippen molar-refractivity contribution in [3.8, 4) is 0 Å². The number of hydrogen-bond acceptors (Lipinski definition) is 4. The highest BCUT2D eigenvalue weighted by Gasteiger charge is 2.23. The van der Waals surface area contributed by atoms with Crippen molar-refractivity contribution in [1.82, 2.24) is 0 Å². The Bertz CT molecular complexity index is 656. The number of sulfone groups is 1. The average molecular weight is 307 g/mol.